The molecule has 2 amide bonds. The van der Waals surface area contributed by atoms with Crippen LogP contribution in [-0.2, 0) is 13.0 Å². The molecule has 0 atom stereocenters. The maximum atomic E-state index is 13.3. The third-order valence-corrected chi connectivity index (χ3v) is 5.08. The Balaban J connectivity index is 1.44. The number of amides is 2. The van der Waals surface area contributed by atoms with Gasteiger partial charge in [0.2, 0.25) is 5.92 Å². The summed E-state index contributed by atoms with van der Waals surface area (Å²) < 4.78 is 28.2. The fourth-order valence-corrected chi connectivity index (χ4v) is 3.63. The van der Waals surface area contributed by atoms with Crippen LogP contribution in [-0.4, -0.2) is 44.5 Å². The van der Waals surface area contributed by atoms with Gasteiger partial charge in [-0.15, -0.1) is 0 Å². The third-order valence-electron chi connectivity index (χ3n) is 5.08. The van der Waals surface area contributed by atoms with Gasteiger partial charge in [-0.2, -0.15) is 5.10 Å². The summed E-state index contributed by atoms with van der Waals surface area (Å²) in [5, 5.41) is 7.14. The second-order valence-corrected chi connectivity index (χ2v) is 7.06. The van der Waals surface area contributed by atoms with E-state index in [4.69, 9.17) is 0 Å². The Morgan fingerprint density at radius 3 is 2.84 bits per heavy atom. The number of carbonyl (C=O) groups is 1. The number of hydrogen-bond acceptors (Lipinski definition) is 3. The molecule has 2 aromatic rings. The molecule has 134 valence electrons. The standard InChI is InChI=1S/C17H21F2N5O/c18-17(19)3-1-12(2-4-17)7-14-11-24-15(22-14)8-13(9-21-24)10-23-6-5-20-16(23)25/h8-9,11-12H,1-7,10H2,(H,20,25). The molecule has 2 aliphatic rings. The highest BCUT2D eigenvalue weighted by molar-refractivity contribution is 5.76. The highest BCUT2D eigenvalue weighted by Crippen LogP contribution is 2.37. The molecule has 8 heteroatoms. The maximum absolute atomic E-state index is 13.3. The number of aromatic nitrogens is 3. The first kappa shape index (κ1) is 16.2. The van der Waals surface area contributed by atoms with Crippen molar-refractivity contribution in [2.45, 2.75) is 44.6 Å². The van der Waals surface area contributed by atoms with Crippen LogP contribution in [0.1, 0.15) is 36.9 Å². The summed E-state index contributed by atoms with van der Waals surface area (Å²) in [5.41, 5.74) is 2.55. The normalized spacial score (nSPS) is 21.0. The van der Waals surface area contributed by atoms with Crippen molar-refractivity contribution in [3.63, 3.8) is 0 Å². The molecule has 0 aromatic carbocycles. The van der Waals surface area contributed by atoms with Crippen LogP contribution in [0.15, 0.2) is 18.5 Å². The number of carbonyl (C=O) groups excluding carboxylic acids is 1. The lowest BCUT2D eigenvalue weighted by molar-refractivity contribution is -0.0457. The number of fused-ring (bicyclic) bond motifs is 1. The van der Waals surface area contributed by atoms with E-state index < -0.39 is 5.92 Å². The molecule has 2 fully saturated rings. The summed E-state index contributed by atoms with van der Waals surface area (Å²) in [4.78, 5) is 18.0. The number of urea groups is 1. The Morgan fingerprint density at radius 2 is 2.12 bits per heavy atom. The topological polar surface area (TPSA) is 62.5 Å². The van der Waals surface area contributed by atoms with E-state index in [0.717, 1.165) is 16.9 Å². The van der Waals surface area contributed by atoms with E-state index in [0.29, 0.717) is 38.9 Å². The summed E-state index contributed by atoms with van der Waals surface area (Å²) in [7, 11) is 0. The minimum Gasteiger partial charge on any atom is -0.336 e. The van der Waals surface area contributed by atoms with E-state index in [-0.39, 0.29) is 24.8 Å². The lowest BCUT2D eigenvalue weighted by Gasteiger charge is -2.27. The fraction of sp³-hybridized carbons (Fsp3) is 0.588. The quantitative estimate of drug-likeness (QED) is 0.923. The average molecular weight is 349 g/mol. The van der Waals surface area contributed by atoms with Crippen LogP contribution in [0.3, 0.4) is 0 Å². The minimum atomic E-state index is -2.49. The lowest BCUT2D eigenvalue weighted by Crippen LogP contribution is -2.27. The lowest BCUT2D eigenvalue weighted by atomic mass is 9.84. The number of alkyl halides is 2. The predicted octanol–water partition coefficient (Wildman–Crippen LogP) is 2.62. The van der Waals surface area contributed by atoms with Crippen molar-refractivity contribution < 1.29 is 13.6 Å². The van der Waals surface area contributed by atoms with Gasteiger partial charge < -0.3 is 10.2 Å². The van der Waals surface area contributed by atoms with E-state index in [1.165, 1.54) is 0 Å². The van der Waals surface area contributed by atoms with Crippen LogP contribution >= 0.6 is 0 Å². The summed E-state index contributed by atoms with van der Waals surface area (Å²) >= 11 is 0. The Morgan fingerprint density at radius 1 is 1.32 bits per heavy atom. The number of rotatable bonds is 4. The zero-order valence-corrected chi connectivity index (χ0v) is 13.9. The Kier molecular flexibility index (Phi) is 4.05. The number of imidazole rings is 1. The van der Waals surface area contributed by atoms with Gasteiger partial charge in [0.05, 0.1) is 18.1 Å². The van der Waals surface area contributed by atoms with E-state index >= 15 is 0 Å². The van der Waals surface area contributed by atoms with Gasteiger partial charge in [0.1, 0.15) is 0 Å². The van der Waals surface area contributed by atoms with E-state index in [2.05, 4.69) is 15.4 Å². The zero-order chi connectivity index (χ0) is 17.4. The van der Waals surface area contributed by atoms with Crippen LogP contribution in [0.2, 0.25) is 0 Å². The van der Waals surface area contributed by atoms with Gasteiger partial charge in [-0.3, -0.25) is 0 Å². The van der Waals surface area contributed by atoms with Gasteiger partial charge in [-0.1, -0.05) is 0 Å². The molecule has 6 nitrogen and oxygen atoms in total. The molecule has 4 rings (SSSR count). The van der Waals surface area contributed by atoms with Crippen molar-refractivity contribution in [1.82, 2.24) is 24.8 Å². The second-order valence-electron chi connectivity index (χ2n) is 7.06. The molecule has 1 aliphatic carbocycles. The first-order valence-electron chi connectivity index (χ1n) is 8.72. The van der Waals surface area contributed by atoms with Gasteiger partial charge in [0, 0.05) is 32.5 Å². The number of halogens is 2. The highest BCUT2D eigenvalue weighted by atomic mass is 19.3. The molecule has 1 saturated carbocycles. The zero-order valence-electron chi connectivity index (χ0n) is 13.9. The Labute approximate surface area is 144 Å². The molecule has 3 heterocycles. The second kappa shape index (κ2) is 6.24. The Bertz CT molecular complexity index is 780. The molecule has 1 N–H and O–H groups in total. The highest BCUT2D eigenvalue weighted by Gasteiger charge is 2.35. The number of nitrogens with one attached hydrogen (secondary N) is 1. The molecule has 1 aliphatic heterocycles. The number of hydrogen-bond donors (Lipinski definition) is 1. The van der Waals surface area contributed by atoms with Crippen molar-refractivity contribution in [2.75, 3.05) is 13.1 Å². The summed E-state index contributed by atoms with van der Waals surface area (Å²) in [5.74, 6) is -2.23. The van der Waals surface area contributed by atoms with Crippen LogP contribution in [0.5, 0.6) is 0 Å². The maximum Gasteiger partial charge on any atom is 0.317 e. The minimum absolute atomic E-state index is 0.0225. The first-order chi connectivity index (χ1) is 12.0. The third kappa shape index (κ3) is 3.57. The molecule has 2 aromatic heterocycles. The average Bonchev–Trinajstić information content (AvgIpc) is 3.15. The van der Waals surface area contributed by atoms with Gasteiger partial charge in [-0.05, 0) is 36.8 Å². The van der Waals surface area contributed by atoms with Gasteiger partial charge in [0.15, 0.2) is 5.65 Å². The molecular formula is C17H21F2N5O. The van der Waals surface area contributed by atoms with Crippen molar-refractivity contribution in [3.05, 3.63) is 29.7 Å². The van der Waals surface area contributed by atoms with Crippen molar-refractivity contribution in [2.24, 2.45) is 5.92 Å². The van der Waals surface area contributed by atoms with Crippen LogP contribution < -0.4 is 5.32 Å². The monoisotopic (exact) mass is 349 g/mol. The first-order valence-corrected chi connectivity index (χ1v) is 8.72. The van der Waals surface area contributed by atoms with Crippen molar-refractivity contribution in [1.29, 1.82) is 0 Å². The Hall–Kier alpha value is -2.25. The van der Waals surface area contributed by atoms with E-state index in [1.807, 2.05) is 12.3 Å². The van der Waals surface area contributed by atoms with E-state index in [9.17, 15) is 13.6 Å². The van der Waals surface area contributed by atoms with Crippen molar-refractivity contribution in [3.8, 4) is 0 Å². The molecule has 0 unspecified atom stereocenters. The van der Waals surface area contributed by atoms with Gasteiger partial charge in [-0.25, -0.2) is 23.1 Å². The molecule has 1 saturated heterocycles. The fourth-order valence-electron chi connectivity index (χ4n) is 3.63. The molecule has 0 spiro atoms. The SMILES string of the molecule is O=C1NCCN1Cc1cnn2cc(CC3CCC(F)(F)CC3)nc2c1. The molecular weight excluding hydrogens is 328 g/mol. The van der Waals surface area contributed by atoms with Crippen molar-refractivity contribution >= 4 is 11.7 Å². The summed E-state index contributed by atoms with van der Waals surface area (Å²) in [6.45, 7) is 1.87. The summed E-state index contributed by atoms with van der Waals surface area (Å²) in [6, 6.07) is 1.87. The van der Waals surface area contributed by atoms with Gasteiger partial charge in [0.25, 0.3) is 0 Å². The van der Waals surface area contributed by atoms with Gasteiger partial charge >= 0.3 is 6.03 Å². The van der Waals surface area contributed by atoms with E-state index in [1.54, 1.807) is 15.6 Å². The molecule has 0 bridgehead atoms. The van der Waals surface area contributed by atoms with Crippen LogP contribution in [0.4, 0.5) is 13.6 Å². The molecule has 0 radical (unpaired) electrons. The van der Waals surface area contributed by atoms with Crippen LogP contribution in [0, 0.1) is 5.92 Å². The predicted molar refractivity (Wildman–Crippen MR) is 87.4 cm³/mol. The molecule has 25 heavy (non-hydrogen) atoms. The largest absolute Gasteiger partial charge is 0.336 e. The van der Waals surface area contributed by atoms with Crippen LogP contribution in [0.25, 0.3) is 5.65 Å². The summed E-state index contributed by atoms with van der Waals surface area (Å²) in [6.07, 6.45) is 5.37. The number of nitrogens with zero attached hydrogens (tertiary/aromatic N) is 4. The smallest absolute Gasteiger partial charge is 0.317 e.